The van der Waals surface area contributed by atoms with Crippen molar-refractivity contribution < 1.29 is 22.3 Å². The van der Waals surface area contributed by atoms with E-state index in [2.05, 4.69) is 5.32 Å². The maximum atomic E-state index is 14.4. The summed E-state index contributed by atoms with van der Waals surface area (Å²) in [7, 11) is -4.11. The summed E-state index contributed by atoms with van der Waals surface area (Å²) in [5, 5.41) is 13.3. The van der Waals surface area contributed by atoms with Crippen LogP contribution < -0.4 is 5.32 Å². The molecule has 0 aliphatic carbocycles. The molecular formula is C24H22F2N2O3S. The molecule has 5 nitrogen and oxygen atoms in total. The van der Waals surface area contributed by atoms with Gasteiger partial charge < -0.3 is 10.4 Å². The Kier molecular flexibility index (Phi) is 5.23. The van der Waals surface area contributed by atoms with Gasteiger partial charge in [-0.25, -0.2) is 17.2 Å². The third-order valence-electron chi connectivity index (χ3n) is 6.40. The Labute approximate surface area is 185 Å². The largest absolute Gasteiger partial charge is 0.394 e. The molecule has 1 saturated heterocycles. The number of fused-ring (bicyclic) bond motifs is 3. The van der Waals surface area contributed by atoms with E-state index in [0.717, 1.165) is 17.2 Å². The van der Waals surface area contributed by atoms with Crippen LogP contribution in [0.4, 0.5) is 14.5 Å². The quantitative estimate of drug-likeness (QED) is 0.618. The minimum Gasteiger partial charge on any atom is -0.394 e. The van der Waals surface area contributed by atoms with Crippen LogP contribution in [0.3, 0.4) is 0 Å². The van der Waals surface area contributed by atoms with E-state index < -0.39 is 21.9 Å². The minimum atomic E-state index is -4.11. The second-order valence-corrected chi connectivity index (χ2v) is 10.0. The third-order valence-corrected chi connectivity index (χ3v) is 8.32. The van der Waals surface area contributed by atoms with E-state index in [1.54, 1.807) is 12.1 Å². The van der Waals surface area contributed by atoms with Gasteiger partial charge in [0.25, 0.3) is 0 Å². The van der Waals surface area contributed by atoms with Crippen molar-refractivity contribution in [2.75, 3.05) is 18.5 Å². The monoisotopic (exact) mass is 456 g/mol. The summed E-state index contributed by atoms with van der Waals surface area (Å²) in [6.07, 6.45) is 0.528. The molecule has 3 aromatic carbocycles. The summed E-state index contributed by atoms with van der Waals surface area (Å²) in [6, 6.07) is 16.2. The molecule has 8 heteroatoms. The van der Waals surface area contributed by atoms with Crippen LogP contribution in [-0.2, 0) is 10.0 Å². The van der Waals surface area contributed by atoms with Crippen LogP contribution in [0.25, 0.3) is 11.1 Å². The van der Waals surface area contributed by atoms with Crippen LogP contribution in [-0.4, -0.2) is 37.0 Å². The van der Waals surface area contributed by atoms with Gasteiger partial charge in [-0.3, -0.25) is 0 Å². The average Bonchev–Trinajstić information content (AvgIpc) is 3.25. The van der Waals surface area contributed by atoms with Crippen LogP contribution in [0.5, 0.6) is 0 Å². The SMILES string of the molecule is O=S(=O)(c1ccccc1F)N1CC[C@H]2[C@H](CO)Nc3ccc(-c4cccc(F)c4)cc3[C@H]21. The molecule has 1 fully saturated rings. The van der Waals surface area contributed by atoms with E-state index in [0.29, 0.717) is 17.7 Å². The van der Waals surface area contributed by atoms with Gasteiger partial charge in [0, 0.05) is 18.2 Å². The molecule has 2 aliphatic rings. The maximum absolute atomic E-state index is 14.4. The second kappa shape index (κ2) is 7.95. The number of nitrogens with one attached hydrogen (secondary N) is 1. The average molecular weight is 457 g/mol. The van der Waals surface area contributed by atoms with Gasteiger partial charge in [0.05, 0.1) is 18.7 Å². The van der Waals surface area contributed by atoms with Crippen molar-refractivity contribution in [2.45, 2.75) is 23.4 Å². The van der Waals surface area contributed by atoms with Crippen LogP contribution in [0.2, 0.25) is 0 Å². The smallest absolute Gasteiger partial charge is 0.246 e. The minimum absolute atomic E-state index is 0.153. The Morgan fingerprint density at radius 2 is 1.78 bits per heavy atom. The van der Waals surface area contributed by atoms with Crippen molar-refractivity contribution in [1.82, 2.24) is 4.31 Å². The van der Waals surface area contributed by atoms with E-state index in [9.17, 15) is 22.3 Å². The normalized spacial score (nSPS) is 22.8. The van der Waals surface area contributed by atoms with Crippen molar-refractivity contribution in [1.29, 1.82) is 0 Å². The van der Waals surface area contributed by atoms with Gasteiger partial charge in [-0.15, -0.1) is 0 Å². The summed E-state index contributed by atoms with van der Waals surface area (Å²) in [5.41, 5.74) is 2.87. The number of aliphatic hydroxyl groups is 1. The molecule has 0 radical (unpaired) electrons. The number of anilines is 1. The molecule has 5 rings (SSSR count). The first-order valence-electron chi connectivity index (χ1n) is 10.4. The van der Waals surface area contributed by atoms with Gasteiger partial charge >= 0.3 is 0 Å². The summed E-state index contributed by atoms with van der Waals surface area (Å²) in [6.45, 7) is 0.0631. The Morgan fingerprint density at radius 1 is 1.00 bits per heavy atom. The zero-order chi connectivity index (χ0) is 22.5. The van der Waals surface area contributed by atoms with E-state index in [-0.39, 0.29) is 35.8 Å². The Hall–Kier alpha value is -2.81. The molecule has 0 unspecified atom stereocenters. The van der Waals surface area contributed by atoms with Gasteiger partial charge in [-0.2, -0.15) is 4.31 Å². The molecule has 0 bridgehead atoms. The highest BCUT2D eigenvalue weighted by Crippen LogP contribution is 2.49. The van der Waals surface area contributed by atoms with Gasteiger partial charge in [0.15, 0.2) is 0 Å². The number of aliphatic hydroxyl groups excluding tert-OH is 1. The molecule has 0 spiro atoms. The van der Waals surface area contributed by atoms with Crippen molar-refractivity contribution in [2.24, 2.45) is 5.92 Å². The first-order valence-corrected chi connectivity index (χ1v) is 11.9. The number of benzene rings is 3. The summed E-state index contributed by atoms with van der Waals surface area (Å²) in [4.78, 5) is -0.359. The number of halogens is 2. The molecule has 3 atom stereocenters. The number of sulfonamides is 1. The highest BCUT2D eigenvalue weighted by atomic mass is 32.2. The third kappa shape index (κ3) is 3.39. The fourth-order valence-electron chi connectivity index (χ4n) is 4.92. The van der Waals surface area contributed by atoms with E-state index in [1.165, 1.54) is 34.6 Å². The summed E-state index contributed by atoms with van der Waals surface area (Å²) >= 11 is 0. The zero-order valence-corrected chi connectivity index (χ0v) is 17.9. The van der Waals surface area contributed by atoms with Gasteiger partial charge in [0.2, 0.25) is 10.0 Å². The Morgan fingerprint density at radius 3 is 2.53 bits per heavy atom. The predicted octanol–water partition coefficient (Wildman–Crippen LogP) is 4.17. The predicted molar refractivity (Wildman–Crippen MR) is 117 cm³/mol. The molecule has 0 amide bonds. The molecule has 166 valence electrons. The van der Waals surface area contributed by atoms with E-state index in [4.69, 9.17) is 0 Å². The van der Waals surface area contributed by atoms with Crippen molar-refractivity contribution in [3.63, 3.8) is 0 Å². The topological polar surface area (TPSA) is 69.6 Å². The Balaban J connectivity index is 1.63. The highest BCUT2D eigenvalue weighted by Gasteiger charge is 2.49. The van der Waals surface area contributed by atoms with Gasteiger partial charge in [0.1, 0.15) is 16.5 Å². The highest BCUT2D eigenvalue weighted by molar-refractivity contribution is 7.89. The van der Waals surface area contributed by atoms with Crippen LogP contribution in [0.1, 0.15) is 18.0 Å². The molecule has 0 aromatic heterocycles. The van der Waals surface area contributed by atoms with Crippen LogP contribution >= 0.6 is 0 Å². The number of hydrogen-bond acceptors (Lipinski definition) is 4. The first-order chi connectivity index (χ1) is 15.4. The van der Waals surface area contributed by atoms with Gasteiger partial charge in [-0.05, 0) is 59.5 Å². The van der Waals surface area contributed by atoms with Crippen LogP contribution in [0.15, 0.2) is 71.6 Å². The standard InChI is InChI=1S/C24H22F2N2O3S/c25-17-5-3-4-15(12-17)16-8-9-21-19(13-16)24-18(22(14-29)27-21)10-11-28(24)32(30,31)23-7-2-1-6-20(23)26/h1-9,12-13,18,22,24,27,29H,10-11,14H2/t18-,22-,24-/m0/s1. The lowest BCUT2D eigenvalue weighted by atomic mass is 9.82. The fraction of sp³-hybridized carbons (Fsp3) is 0.250. The molecule has 2 heterocycles. The first kappa shape index (κ1) is 21.1. The summed E-state index contributed by atoms with van der Waals surface area (Å²) < 4.78 is 56.5. The zero-order valence-electron chi connectivity index (χ0n) is 17.1. The molecule has 2 aliphatic heterocycles. The van der Waals surface area contributed by atoms with Gasteiger partial charge in [-0.1, -0.05) is 30.3 Å². The number of rotatable bonds is 4. The van der Waals surface area contributed by atoms with E-state index in [1.807, 2.05) is 18.2 Å². The van der Waals surface area contributed by atoms with Crippen molar-refractivity contribution >= 4 is 15.7 Å². The van der Waals surface area contributed by atoms with Crippen molar-refractivity contribution in [3.05, 3.63) is 83.9 Å². The molecule has 2 N–H and O–H groups in total. The van der Waals surface area contributed by atoms with Crippen molar-refractivity contribution in [3.8, 4) is 11.1 Å². The second-order valence-electron chi connectivity index (χ2n) is 8.19. The molecular weight excluding hydrogens is 434 g/mol. The molecule has 0 saturated carbocycles. The van der Waals surface area contributed by atoms with Crippen LogP contribution in [0, 0.1) is 17.6 Å². The summed E-state index contributed by atoms with van der Waals surface area (Å²) in [5.74, 6) is -1.34. The number of hydrogen-bond donors (Lipinski definition) is 2. The van der Waals surface area contributed by atoms with E-state index >= 15 is 0 Å². The molecule has 3 aromatic rings. The lowest BCUT2D eigenvalue weighted by molar-refractivity contribution is 0.210. The maximum Gasteiger partial charge on any atom is 0.246 e. The lowest BCUT2D eigenvalue weighted by Crippen LogP contribution is -2.43. The Bertz CT molecular complexity index is 1280. The molecule has 32 heavy (non-hydrogen) atoms. The fourth-order valence-corrected chi connectivity index (χ4v) is 6.65. The number of nitrogens with zero attached hydrogens (tertiary/aromatic N) is 1. The lowest BCUT2D eigenvalue weighted by Gasteiger charge is -2.39.